The minimum atomic E-state index is 0.105. The van der Waals surface area contributed by atoms with Crippen molar-refractivity contribution in [1.29, 1.82) is 0 Å². The third-order valence-corrected chi connectivity index (χ3v) is 3.45. The van der Waals surface area contributed by atoms with Gasteiger partial charge in [-0.15, -0.1) is 0 Å². The predicted octanol–water partition coefficient (Wildman–Crippen LogP) is 1.19. The van der Waals surface area contributed by atoms with Crippen molar-refractivity contribution >= 4 is 16.8 Å². The zero-order valence-electron chi connectivity index (χ0n) is 10.2. The molecule has 1 atom stereocenters. The SMILES string of the molecule is O=C(Cc1c[nH]c2ccccc12)NC1CCNC1. The number of benzene rings is 1. The van der Waals surface area contributed by atoms with E-state index in [-0.39, 0.29) is 5.91 Å². The first-order valence-electron chi connectivity index (χ1n) is 6.38. The number of rotatable bonds is 3. The average molecular weight is 243 g/mol. The molecule has 0 bridgehead atoms. The molecule has 1 fully saturated rings. The second-order valence-corrected chi connectivity index (χ2v) is 4.79. The molecular weight excluding hydrogens is 226 g/mol. The molecule has 0 aliphatic carbocycles. The van der Waals surface area contributed by atoms with Gasteiger partial charge in [0, 0.05) is 29.7 Å². The summed E-state index contributed by atoms with van der Waals surface area (Å²) in [6, 6.07) is 8.36. The predicted molar refractivity (Wildman–Crippen MR) is 71.4 cm³/mol. The third kappa shape index (κ3) is 2.24. The zero-order chi connectivity index (χ0) is 12.4. The summed E-state index contributed by atoms with van der Waals surface area (Å²) in [5, 5.41) is 7.45. The van der Waals surface area contributed by atoms with E-state index < -0.39 is 0 Å². The third-order valence-electron chi connectivity index (χ3n) is 3.45. The van der Waals surface area contributed by atoms with Crippen molar-refractivity contribution in [2.45, 2.75) is 18.9 Å². The van der Waals surface area contributed by atoms with Gasteiger partial charge in [0.05, 0.1) is 6.42 Å². The molecule has 1 aromatic carbocycles. The Kier molecular flexibility index (Phi) is 3.02. The van der Waals surface area contributed by atoms with Gasteiger partial charge in [0.25, 0.3) is 0 Å². The van der Waals surface area contributed by atoms with Crippen LogP contribution in [0.25, 0.3) is 10.9 Å². The minimum absolute atomic E-state index is 0.105. The maximum atomic E-state index is 12.0. The van der Waals surface area contributed by atoms with Crippen LogP contribution in [0.2, 0.25) is 0 Å². The highest BCUT2D eigenvalue weighted by Gasteiger charge is 2.17. The van der Waals surface area contributed by atoms with Crippen LogP contribution >= 0.6 is 0 Å². The van der Waals surface area contributed by atoms with E-state index in [4.69, 9.17) is 0 Å². The lowest BCUT2D eigenvalue weighted by atomic mass is 10.1. The summed E-state index contributed by atoms with van der Waals surface area (Å²) in [4.78, 5) is 15.2. The van der Waals surface area contributed by atoms with E-state index in [0.29, 0.717) is 12.5 Å². The second-order valence-electron chi connectivity index (χ2n) is 4.79. The lowest BCUT2D eigenvalue weighted by Gasteiger charge is -2.10. The quantitative estimate of drug-likeness (QED) is 0.758. The standard InChI is InChI=1S/C14H17N3O/c18-14(17-11-5-6-15-9-11)7-10-8-16-13-4-2-1-3-12(10)13/h1-4,8,11,15-16H,5-7,9H2,(H,17,18). The molecule has 3 N–H and O–H groups in total. The van der Waals surface area contributed by atoms with Gasteiger partial charge in [-0.1, -0.05) is 18.2 Å². The van der Waals surface area contributed by atoms with Gasteiger partial charge in [0.2, 0.25) is 5.91 Å². The van der Waals surface area contributed by atoms with Gasteiger partial charge >= 0.3 is 0 Å². The highest BCUT2D eigenvalue weighted by Crippen LogP contribution is 2.18. The molecule has 2 aromatic rings. The van der Waals surface area contributed by atoms with Crippen LogP contribution in [0.1, 0.15) is 12.0 Å². The summed E-state index contributed by atoms with van der Waals surface area (Å²) in [7, 11) is 0. The van der Waals surface area contributed by atoms with Crippen molar-refractivity contribution in [3.63, 3.8) is 0 Å². The number of carbonyl (C=O) groups is 1. The highest BCUT2D eigenvalue weighted by atomic mass is 16.1. The molecule has 1 saturated heterocycles. The Hall–Kier alpha value is -1.81. The van der Waals surface area contributed by atoms with E-state index in [1.54, 1.807) is 0 Å². The van der Waals surface area contributed by atoms with E-state index in [1.165, 1.54) is 0 Å². The van der Waals surface area contributed by atoms with Crippen LogP contribution < -0.4 is 10.6 Å². The lowest BCUT2D eigenvalue weighted by Crippen LogP contribution is -2.37. The van der Waals surface area contributed by atoms with Crippen LogP contribution in [-0.4, -0.2) is 30.0 Å². The number of aromatic amines is 1. The van der Waals surface area contributed by atoms with Gasteiger partial charge in [0.1, 0.15) is 0 Å². The summed E-state index contributed by atoms with van der Waals surface area (Å²) in [6.45, 7) is 1.89. The molecule has 1 unspecified atom stereocenters. The molecule has 0 spiro atoms. The van der Waals surface area contributed by atoms with E-state index >= 15 is 0 Å². The molecule has 1 aromatic heterocycles. The first-order chi connectivity index (χ1) is 8.83. The number of carbonyl (C=O) groups excluding carboxylic acids is 1. The Morgan fingerprint density at radius 2 is 2.28 bits per heavy atom. The molecule has 1 aliphatic rings. The molecular formula is C14H17N3O. The number of H-pyrrole nitrogens is 1. The molecule has 94 valence electrons. The highest BCUT2D eigenvalue weighted by molar-refractivity contribution is 5.88. The van der Waals surface area contributed by atoms with Crippen LogP contribution in [0, 0.1) is 0 Å². The fourth-order valence-corrected chi connectivity index (χ4v) is 2.51. The molecule has 3 rings (SSSR count). The second kappa shape index (κ2) is 4.82. The monoisotopic (exact) mass is 243 g/mol. The Balaban J connectivity index is 1.70. The largest absolute Gasteiger partial charge is 0.361 e. The Bertz CT molecular complexity index is 555. The molecule has 2 heterocycles. The summed E-state index contributed by atoms with van der Waals surface area (Å²) in [5.41, 5.74) is 2.15. The van der Waals surface area contributed by atoms with Crippen molar-refractivity contribution in [2.75, 3.05) is 13.1 Å². The van der Waals surface area contributed by atoms with E-state index in [9.17, 15) is 4.79 Å². The molecule has 1 amide bonds. The fourth-order valence-electron chi connectivity index (χ4n) is 2.51. The van der Waals surface area contributed by atoms with Crippen LogP contribution in [0.3, 0.4) is 0 Å². The van der Waals surface area contributed by atoms with Crippen LogP contribution in [0.15, 0.2) is 30.5 Å². The first kappa shape index (κ1) is 11.3. The number of amides is 1. The van der Waals surface area contributed by atoms with Crippen LogP contribution in [0.5, 0.6) is 0 Å². The number of aromatic nitrogens is 1. The molecule has 0 saturated carbocycles. The fraction of sp³-hybridized carbons (Fsp3) is 0.357. The lowest BCUT2D eigenvalue weighted by molar-refractivity contribution is -0.121. The number of fused-ring (bicyclic) bond motifs is 1. The van der Waals surface area contributed by atoms with Gasteiger partial charge in [-0.25, -0.2) is 0 Å². The Labute approximate surface area is 106 Å². The van der Waals surface area contributed by atoms with E-state index in [0.717, 1.165) is 36.0 Å². The van der Waals surface area contributed by atoms with Gasteiger partial charge in [-0.05, 0) is 24.6 Å². The average Bonchev–Trinajstić information content (AvgIpc) is 3.00. The molecule has 1 aliphatic heterocycles. The van der Waals surface area contributed by atoms with Crippen molar-refractivity contribution in [1.82, 2.24) is 15.6 Å². The Morgan fingerprint density at radius 1 is 1.39 bits per heavy atom. The molecule has 0 radical (unpaired) electrons. The molecule has 4 nitrogen and oxygen atoms in total. The zero-order valence-corrected chi connectivity index (χ0v) is 10.2. The normalized spacial score (nSPS) is 19.2. The number of para-hydroxylation sites is 1. The maximum absolute atomic E-state index is 12.0. The number of hydrogen-bond donors (Lipinski definition) is 3. The van der Waals surface area contributed by atoms with E-state index in [1.807, 2.05) is 30.5 Å². The summed E-state index contributed by atoms with van der Waals surface area (Å²) >= 11 is 0. The topological polar surface area (TPSA) is 56.9 Å². The van der Waals surface area contributed by atoms with Crippen molar-refractivity contribution in [3.8, 4) is 0 Å². The van der Waals surface area contributed by atoms with Crippen molar-refractivity contribution < 1.29 is 4.79 Å². The van der Waals surface area contributed by atoms with Gasteiger partial charge in [-0.3, -0.25) is 4.79 Å². The molecule has 18 heavy (non-hydrogen) atoms. The maximum Gasteiger partial charge on any atom is 0.224 e. The van der Waals surface area contributed by atoms with Gasteiger partial charge in [-0.2, -0.15) is 0 Å². The van der Waals surface area contributed by atoms with Crippen molar-refractivity contribution in [3.05, 3.63) is 36.0 Å². The van der Waals surface area contributed by atoms with Crippen LogP contribution in [0.4, 0.5) is 0 Å². The minimum Gasteiger partial charge on any atom is -0.361 e. The Morgan fingerprint density at radius 3 is 3.11 bits per heavy atom. The van der Waals surface area contributed by atoms with Crippen molar-refractivity contribution in [2.24, 2.45) is 0 Å². The molecule has 4 heteroatoms. The van der Waals surface area contributed by atoms with Gasteiger partial charge < -0.3 is 15.6 Å². The first-order valence-corrected chi connectivity index (χ1v) is 6.38. The van der Waals surface area contributed by atoms with E-state index in [2.05, 4.69) is 15.6 Å². The summed E-state index contributed by atoms with van der Waals surface area (Å²) in [5.74, 6) is 0.105. The summed E-state index contributed by atoms with van der Waals surface area (Å²) < 4.78 is 0. The van der Waals surface area contributed by atoms with Gasteiger partial charge in [0.15, 0.2) is 0 Å². The van der Waals surface area contributed by atoms with Crippen LogP contribution in [-0.2, 0) is 11.2 Å². The summed E-state index contributed by atoms with van der Waals surface area (Å²) in [6.07, 6.45) is 3.40. The number of hydrogen-bond acceptors (Lipinski definition) is 2. The number of nitrogens with one attached hydrogen (secondary N) is 3. The smallest absolute Gasteiger partial charge is 0.224 e.